The molecule has 1 saturated carbocycles. The maximum atomic E-state index is 12.5. The molecule has 0 aliphatic heterocycles. The number of anilines is 1. The van der Waals surface area contributed by atoms with Gasteiger partial charge in [0.25, 0.3) is 5.91 Å². The Labute approximate surface area is 165 Å². The third-order valence-electron chi connectivity index (χ3n) is 4.71. The lowest BCUT2D eigenvalue weighted by atomic mass is 10.2. The third-order valence-corrected chi connectivity index (χ3v) is 6.14. The van der Waals surface area contributed by atoms with Crippen LogP contribution in [0, 0.1) is 0 Å². The molecule has 1 aliphatic rings. The van der Waals surface area contributed by atoms with E-state index < -0.39 is 10.0 Å². The summed E-state index contributed by atoms with van der Waals surface area (Å²) in [7, 11) is -0.619. The fourth-order valence-electron chi connectivity index (χ4n) is 3.14. The maximum absolute atomic E-state index is 12.5. The van der Waals surface area contributed by atoms with Crippen molar-refractivity contribution >= 4 is 21.6 Å². The minimum absolute atomic E-state index is 0.100. The highest BCUT2D eigenvalue weighted by molar-refractivity contribution is 7.89. The minimum Gasteiger partial charge on any atom is -0.493 e. The zero-order valence-electron chi connectivity index (χ0n) is 15.9. The SMILES string of the molecule is CNS(=O)(=O)c1ccc(C(=O)Nc2ccc(OC)c(OC3CCCC3)c2)cc1. The van der Waals surface area contributed by atoms with E-state index in [-0.39, 0.29) is 16.9 Å². The van der Waals surface area contributed by atoms with Crippen LogP contribution in [-0.2, 0) is 10.0 Å². The van der Waals surface area contributed by atoms with E-state index >= 15 is 0 Å². The average Bonchev–Trinajstić information content (AvgIpc) is 3.21. The summed E-state index contributed by atoms with van der Waals surface area (Å²) in [6.45, 7) is 0. The lowest BCUT2D eigenvalue weighted by Gasteiger charge is -2.17. The van der Waals surface area contributed by atoms with Gasteiger partial charge in [0.1, 0.15) is 0 Å². The fraction of sp³-hybridized carbons (Fsp3) is 0.350. The van der Waals surface area contributed by atoms with Crippen molar-refractivity contribution in [1.29, 1.82) is 0 Å². The van der Waals surface area contributed by atoms with Crippen molar-refractivity contribution in [2.45, 2.75) is 36.7 Å². The Balaban J connectivity index is 1.74. The van der Waals surface area contributed by atoms with Gasteiger partial charge in [-0.1, -0.05) is 0 Å². The number of rotatable bonds is 7. The zero-order chi connectivity index (χ0) is 20.1. The summed E-state index contributed by atoms with van der Waals surface area (Å²) in [5.41, 5.74) is 0.926. The highest BCUT2D eigenvalue weighted by Crippen LogP contribution is 2.34. The summed E-state index contributed by atoms with van der Waals surface area (Å²) in [4.78, 5) is 12.6. The molecule has 7 nitrogen and oxygen atoms in total. The van der Waals surface area contributed by atoms with Crippen molar-refractivity contribution in [3.8, 4) is 11.5 Å². The van der Waals surface area contributed by atoms with Crippen LogP contribution in [0.4, 0.5) is 5.69 Å². The molecule has 2 aromatic carbocycles. The van der Waals surface area contributed by atoms with Gasteiger partial charge in [0.05, 0.1) is 18.1 Å². The van der Waals surface area contributed by atoms with E-state index in [4.69, 9.17) is 9.47 Å². The van der Waals surface area contributed by atoms with Gasteiger partial charge < -0.3 is 14.8 Å². The van der Waals surface area contributed by atoms with Crippen LogP contribution in [0.25, 0.3) is 0 Å². The first-order valence-electron chi connectivity index (χ1n) is 9.12. The molecule has 2 N–H and O–H groups in total. The van der Waals surface area contributed by atoms with Crippen molar-refractivity contribution in [2.75, 3.05) is 19.5 Å². The monoisotopic (exact) mass is 404 g/mol. The Bertz CT molecular complexity index is 936. The number of sulfonamides is 1. The molecular weight excluding hydrogens is 380 g/mol. The molecule has 0 unspecified atom stereocenters. The second-order valence-corrected chi connectivity index (χ2v) is 8.46. The van der Waals surface area contributed by atoms with Crippen molar-refractivity contribution in [3.05, 3.63) is 48.0 Å². The molecule has 0 bridgehead atoms. The molecule has 1 fully saturated rings. The van der Waals surface area contributed by atoms with Gasteiger partial charge in [-0.3, -0.25) is 4.79 Å². The highest BCUT2D eigenvalue weighted by atomic mass is 32.2. The molecule has 0 atom stereocenters. The van der Waals surface area contributed by atoms with Crippen LogP contribution >= 0.6 is 0 Å². The van der Waals surface area contributed by atoms with Gasteiger partial charge in [-0.2, -0.15) is 0 Å². The number of benzene rings is 2. The topological polar surface area (TPSA) is 93.7 Å². The number of nitrogens with one attached hydrogen (secondary N) is 2. The summed E-state index contributed by atoms with van der Waals surface area (Å²) in [5.74, 6) is 0.875. The van der Waals surface area contributed by atoms with Crippen molar-refractivity contribution in [3.63, 3.8) is 0 Å². The van der Waals surface area contributed by atoms with Crippen LogP contribution in [0.15, 0.2) is 47.4 Å². The minimum atomic E-state index is -3.54. The Kier molecular flexibility index (Phi) is 6.21. The van der Waals surface area contributed by atoms with Crippen LogP contribution in [0.3, 0.4) is 0 Å². The number of hydrogen-bond donors (Lipinski definition) is 2. The van der Waals surface area contributed by atoms with E-state index in [0.29, 0.717) is 22.7 Å². The summed E-state index contributed by atoms with van der Waals surface area (Å²) in [6, 6.07) is 11.0. The molecule has 0 heterocycles. The molecule has 0 saturated heterocycles. The van der Waals surface area contributed by atoms with Crippen molar-refractivity contribution in [1.82, 2.24) is 4.72 Å². The van der Waals surface area contributed by atoms with Gasteiger partial charge in [-0.15, -0.1) is 0 Å². The molecule has 3 rings (SSSR count). The van der Waals surface area contributed by atoms with Gasteiger partial charge in [0.15, 0.2) is 11.5 Å². The first kappa shape index (κ1) is 20.2. The fourth-order valence-corrected chi connectivity index (χ4v) is 3.87. The molecule has 2 aromatic rings. The normalized spacial score (nSPS) is 14.6. The van der Waals surface area contributed by atoms with E-state index in [1.54, 1.807) is 25.3 Å². The van der Waals surface area contributed by atoms with Crippen LogP contribution < -0.4 is 19.5 Å². The van der Waals surface area contributed by atoms with E-state index in [1.165, 1.54) is 31.3 Å². The molecule has 28 heavy (non-hydrogen) atoms. The lowest BCUT2D eigenvalue weighted by Crippen LogP contribution is -2.19. The number of amides is 1. The van der Waals surface area contributed by atoms with E-state index in [1.807, 2.05) is 0 Å². The van der Waals surface area contributed by atoms with Gasteiger partial charge >= 0.3 is 0 Å². The number of carbonyl (C=O) groups is 1. The highest BCUT2D eigenvalue weighted by Gasteiger charge is 2.19. The second-order valence-electron chi connectivity index (χ2n) is 6.58. The van der Waals surface area contributed by atoms with E-state index in [2.05, 4.69) is 10.0 Å². The summed E-state index contributed by atoms with van der Waals surface area (Å²) in [6.07, 6.45) is 4.51. The number of carbonyl (C=O) groups excluding carboxylic acids is 1. The molecule has 1 amide bonds. The molecule has 150 valence electrons. The Hall–Kier alpha value is -2.58. The standard InChI is InChI=1S/C20H24N2O5S/c1-21-28(24,25)17-10-7-14(8-11-17)20(23)22-15-9-12-18(26-2)19(13-15)27-16-5-3-4-6-16/h7-13,16,21H,3-6H2,1-2H3,(H,22,23). The van der Waals surface area contributed by atoms with Crippen molar-refractivity contribution < 1.29 is 22.7 Å². The Morgan fingerprint density at radius 3 is 2.32 bits per heavy atom. The molecular formula is C20H24N2O5S. The Morgan fingerprint density at radius 1 is 1.04 bits per heavy atom. The first-order valence-corrected chi connectivity index (χ1v) is 10.6. The smallest absolute Gasteiger partial charge is 0.255 e. The zero-order valence-corrected chi connectivity index (χ0v) is 16.7. The first-order chi connectivity index (χ1) is 13.4. The molecule has 8 heteroatoms. The lowest BCUT2D eigenvalue weighted by molar-refractivity contribution is 0.102. The van der Waals surface area contributed by atoms with Gasteiger partial charge in [0, 0.05) is 17.3 Å². The molecule has 0 spiro atoms. The predicted octanol–water partition coefficient (Wildman–Crippen LogP) is 3.18. The Morgan fingerprint density at radius 2 is 1.71 bits per heavy atom. The second kappa shape index (κ2) is 8.62. The van der Waals surface area contributed by atoms with E-state index in [0.717, 1.165) is 25.7 Å². The summed E-state index contributed by atoms with van der Waals surface area (Å²) < 4.78 is 37.2. The van der Waals surface area contributed by atoms with Gasteiger partial charge in [0.2, 0.25) is 10.0 Å². The van der Waals surface area contributed by atoms with Gasteiger partial charge in [-0.05, 0) is 69.1 Å². The van der Waals surface area contributed by atoms with Crippen molar-refractivity contribution in [2.24, 2.45) is 0 Å². The summed E-state index contributed by atoms with van der Waals surface area (Å²) in [5, 5.41) is 2.81. The van der Waals surface area contributed by atoms with Crippen LogP contribution in [-0.4, -0.2) is 34.6 Å². The third kappa shape index (κ3) is 4.63. The maximum Gasteiger partial charge on any atom is 0.255 e. The number of ether oxygens (including phenoxy) is 2. The molecule has 0 aromatic heterocycles. The molecule has 1 aliphatic carbocycles. The quantitative estimate of drug-likeness (QED) is 0.739. The van der Waals surface area contributed by atoms with Gasteiger partial charge in [-0.25, -0.2) is 13.1 Å². The summed E-state index contributed by atoms with van der Waals surface area (Å²) >= 11 is 0. The predicted molar refractivity (Wildman–Crippen MR) is 107 cm³/mol. The largest absolute Gasteiger partial charge is 0.493 e. The average molecular weight is 404 g/mol. The van der Waals surface area contributed by atoms with E-state index in [9.17, 15) is 13.2 Å². The van der Waals surface area contributed by atoms with Crippen LogP contribution in [0.5, 0.6) is 11.5 Å². The molecule has 0 radical (unpaired) electrons. The van der Waals surface area contributed by atoms with Crippen LogP contribution in [0.1, 0.15) is 36.0 Å². The number of hydrogen-bond acceptors (Lipinski definition) is 5. The number of methoxy groups -OCH3 is 1. The van der Waals surface area contributed by atoms with Crippen LogP contribution in [0.2, 0.25) is 0 Å².